The average molecular weight is 473 g/mol. The molecule has 7 nitrogen and oxygen atoms in total. The average Bonchev–Trinajstić information content (AvgIpc) is 3.29. The van der Waals surface area contributed by atoms with Gasteiger partial charge in [0.25, 0.3) is 5.91 Å². The molecule has 0 saturated carbocycles. The highest BCUT2D eigenvalue weighted by molar-refractivity contribution is 5.95. The highest BCUT2D eigenvalue weighted by Gasteiger charge is 2.32. The second kappa shape index (κ2) is 9.36. The van der Waals surface area contributed by atoms with Crippen LogP contribution in [0.5, 0.6) is 5.75 Å². The van der Waals surface area contributed by atoms with E-state index in [0.29, 0.717) is 37.4 Å². The van der Waals surface area contributed by atoms with Crippen LogP contribution in [0.2, 0.25) is 0 Å². The van der Waals surface area contributed by atoms with Gasteiger partial charge in [0, 0.05) is 32.4 Å². The lowest BCUT2D eigenvalue weighted by atomic mass is 10.0. The van der Waals surface area contributed by atoms with Crippen molar-refractivity contribution in [1.29, 1.82) is 0 Å². The molecule has 2 aromatic heterocycles. The van der Waals surface area contributed by atoms with Crippen LogP contribution in [0.3, 0.4) is 0 Å². The van der Waals surface area contributed by atoms with E-state index < -0.39 is 11.7 Å². The van der Waals surface area contributed by atoms with E-state index in [9.17, 15) is 18.0 Å². The highest BCUT2D eigenvalue weighted by atomic mass is 19.4. The van der Waals surface area contributed by atoms with Gasteiger partial charge in [-0.2, -0.15) is 18.3 Å². The Kier molecular flexibility index (Phi) is 6.49. The third kappa shape index (κ3) is 4.57. The van der Waals surface area contributed by atoms with E-state index in [1.807, 2.05) is 38.1 Å². The van der Waals surface area contributed by atoms with E-state index in [4.69, 9.17) is 4.74 Å². The number of rotatable bonds is 5. The lowest BCUT2D eigenvalue weighted by Gasteiger charge is -2.36. The SMILES string of the molecule is COc1ccccc1N1CCN(C(=O)c2cnn(-c3ccc(C(F)(F)F)cn3)c2C(C)C)CC1. The third-order valence-corrected chi connectivity index (χ3v) is 5.87. The van der Waals surface area contributed by atoms with Crippen molar-refractivity contribution in [2.45, 2.75) is 25.9 Å². The molecule has 1 aliphatic heterocycles. The number of alkyl halides is 3. The van der Waals surface area contributed by atoms with Crippen molar-refractivity contribution in [3.8, 4) is 11.6 Å². The summed E-state index contributed by atoms with van der Waals surface area (Å²) in [6.07, 6.45) is -2.22. The zero-order valence-corrected chi connectivity index (χ0v) is 19.2. The van der Waals surface area contributed by atoms with Gasteiger partial charge in [-0.25, -0.2) is 9.67 Å². The summed E-state index contributed by atoms with van der Waals surface area (Å²) in [6, 6.07) is 10.0. The molecular weight excluding hydrogens is 447 g/mol. The van der Waals surface area contributed by atoms with Crippen LogP contribution in [0.15, 0.2) is 48.8 Å². The molecule has 0 bridgehead atoms. The van der Waals surface area contributed by atoms with Crippen LogP contribution >= 0.6 is 0 Å². The number of aromatic nitrogens is 3. The van der Waals surface area contributed by atoms with Gasteiger partial charge >= 0.3 is 6.18 Å². The maximum Gasteiger partial charge on any atom is 0.417 e. The van der Waals surface area contributed by atoms with E-state index >= 15 is 0 Å². The largest absolute Gasteiger partial charge is 0.495 e. The number of methoxy groups -OCH3 is 1. The quantitative estimate of drug-likeness (QED) is 0.550. The number of benzene rings is 1. The molecule has 0 atom stereocenters. The predicted octanol–water partition coefficient (Wildman–Crippen LogP) is 4.38. The standard InChI is InChI=1S/C24H26F3N5O2/c1-16(2)22-18(15-29-32(22)21-9-8-17(14-28-21)24(25,26)27)23(33)31-12-10-30(11-13-31)19-6-4-5-7-20(19)34-3/h4-9,14-16H,10-13H2,1-3H3. The van der Waals surface area contributed by atoms with Gasteiger partial charge in [-0.3, -0.25) is 4.79 Å². The van der Waals surface area contributed by atoms with Crippen LogP contribution in [0, 0.1) is 0 Å². The van der Waals surface area contributed by atoms with Crippen molar-refractivity contribution in [2.75, 3.05) is 38.2 Å². The van der Waals surface area contributed by atoms with Gasteiger partial charge in [0.2, 0.25) is 0 Å². The number of ether oxygens (including phenoxy) is 1. The van der Waals surface area contributed by atoms with Gasteiger partial charge < -0.3 is 14.5 Å². The molecule has 0 aliphatic carbocycles. The zero-order chi connectivity index (χ0) is 24.5. The Morgan fingerprint density at radius 3 is 2.32 bits per heavy atom. The minimum absolute atomic E-state index is 0.0968. The second-order valence-corrected chi connectivity index (χ2v) is 8.36. The second-order valence-electron chi connectivity index (χ2n) is 8.36. The molecule has 1 amide bonds. The van der Waals surface area contributed by atoms with Crippen molar-refractivity contribution in [3.05, 3.63) is 65.6 Å². The monoisotopic (exact) mass is 473 g/mol. The lowest BCUT2D eigenvalue weighted by Crippen LogP contribution is -2.49. The Labute approximate surface area is 195 Å². The molecule has 1 aromatic carbocycles. The summed E-state index contributed by atoms with van der Waals surface area (Å²) in [4.78, 5) is 21.3. The number of hydrogen-bond acceptors (Lipinski definition) is 5. The highest BCUT2D eigenvalue weighted by Crippen LogP contribution is 2.31. The molecule has 34 heavy (non-hydrogen) atoms. The number of piperazine rings is 1. The van der Waals surface area contributed by atoms with E-state index in [0.717, 1.165) is 23.7 Å². The molecular formula is C24H26F3N5O2. The summed E-state index contributed by atoms with van der Waals surface area (Å²) in [5.74, 6) is 0.772. The van der Waals surface area contributed by atoms with Crippen molar-refractivity contribution >= 4 is 11.6 Å². The molecule has 0 unspecified atom stereocenters. The first-order chi connectivity index (χ1) is 16.2. The molecule has 1 aliphatic rings. The number of pyridine rings is 1. The van der Waals surface area contributed by atoms with Crippen molar-refractivity contribution < 1.29 is 22.7 Å². The van der Waals surface area contributed by atoms with Gasteiger partial charge in [-0.05, 0) is 30.2 Å². The summed E-state index contributed by atoms with van der Waals surface area (Å²) in [5, 5.41) is 4.30. The van der Waals surface area contributed by atoms with Crippen LogP contribution in [-0.2, 0) is 6.18 Å². The summed E-state index contributed by atoms with van der Waals surface area (Å²) in [5.41, 5.74) is 1.20. The first kappa shape index (κ1) is 23.6. The maximum absolute atomic E-state index is 13.4. The topological polar surface area (TPSA) is 63.5 Å². The Morgan fingerprint density at radius 2 is 1.74 bits per heavy atom. The number of halogens is 3. The molecule has 3 aromatic rings. The number of hydrogen-bond donors (Lipinski definition) is 0. The fourth-order valence-corrected chi connectivity index (χ4v) is 4.15. The summed E-state index contributed by atoms with van der Waals surface area (Å²) in [7, 11) is 1.63. The van der Waals surface area contributed by atoms with Crippen LogP contribution < -0.4 is 9.64 Å². The van der Waals surface area contributed by atoms with Gasteiger partial charge in [0.15, 0.2) is 5.82 Å². The van der Waals surface area contributed by atoms with Crippen LogP contribution in [-0.4, -0.2) is 58.9 Å². The number of anilines is 1. The Balaban J connectivity index is 1.54. The van der Waals surface area contributed by atoms with E-state index in [2.05, 4.69) is 15.0 Å². The Hall–Kier alpha value is -3.56. The lowest BCUT2D eigenvalue weighted by molar-refractivity contribution is -0.137. The van der Waals surface area contributed by atoms with Crippen LogP contribution in [0.25, 0.3) is 5.82 Å². The first-order valence-corrected chi connectivity index (χ1v) is 11.0. The van der Waals surface area contributed by atoms with Gasteiger partial charge in [-0.1, -0.05) is 26.0 Å². The van der Waals surface area contributed by atoms with E-state index in [1.165, 1.54) is 16.9 Å². The summed E-state index contributed by atoms with van der Waals surface area (Å²) >= 11 is 0. The minimum atomic E-state index is -4.47. The summed E-state index contributed by atoms with van der Waals surface area (Å²) < 4.78 is 45.6. The number of nitrogens with zero attached hydrogens (tertiary/aromatic N) is 5. The maximum atomic E-state index is 13.4. The van der Waals surface area contributed by atoms with E-state index in [-0.39, 0.29) is 17.6 Å². The van der Waals surface area contributed by atoms with Gasteiger partial charge in [0.1, 0.15) is 5.75 Å². The van der Waals surface area contributed by atoms with E-state index in [1.54, 1.807) is 12.0 Å². The number of carbonyl (C=O) groups excluding carboxylic acids is 1. The van der Waals surface area contributed by atoms with Crippen molar-refractivity contribution in [1.82, 2.24) is 19.7 Å². The van der Waals surface area contributed by atoms with Gasteiger partial charge in [0.05, 0.1) is 35.8 Å². The molecule has 1 fully saturated rings. The van der Waals surface area contributed by atoms with Crippen LogP contribution in [0.4, 0.5) is 18.9 Å². The molecule has 0 N–H and O–H groups in total. The normalized spacial score (nSPS) is 14.6. The third-order valence-electron chi connectivity index (χ3n) is 5.87. The predicted molar refractivity (Wildman–Crippen MR) is 122 cm³/mol. The molecule has 10 heteroatoms. The molecule has 1 saturated heterocycles. The fourth-order valence-electron chi connectivity index (χ4n) is 4.15. The molecule has 0 spiro atoms. The van der Waals surface area contributed by atoms with Gasteiger partial charge in [-0.15, -0.1) is 0 Å². The zero-order valence-electron chi connectivity index (χ0n) is 19.2. The van der Waals surface area contributed by atoms with Crippen molar-refractivity contribution in [3.63, 3.8) is 0 Å². The number of carbonyl (C=O) groups is 1. The van der Waals surface area contributed by atoms with Crippen molar-refractivity contribution in [2.24, 2.45) is 0 Å². The molecule has 3 heterocycles. The number of para-hydroxylation sites is 2. The number of amides is 1. The Bertz CT molecular complexity index is 1150. The summed E-state index contributed by atoms with van der Waals surface area (Å²) in [6.45, 7) is 6.17. The Morgan fingerprint density at radius 1 is 1.03 bits per heavy atom. The molecule has 180 valence electrons. The van der Waals surface area contributed by atoms with Crippen LogP contribution in [0.1, 0.15) is 41.4 Å². The molecule has 4 rings (SSSR count). The molecule has 0 radical (unpaired) electrons. The smallest absolute Gasteiger partial charge is 0.417 e. The minimum Gasteiger partial charge on any atom is -0.495 e. The first-order valence-electron chi connectivity index (χ1n) is 11.0. The fraction of sp³-hybridized carbons (Fsp3) is 0.375.